The number of hydrogen-bond acceptors (Lipinski definition) is 2. The lowest BCUT2D eigenvalue weighted by atomic mass is 10.1. The summed E-state index contributed by atoms with van der Waals surface area (Å²) in [5.41, 5.74) is 2.39. The van der Waals surface area contributed by atoms with Gasteiger partial charge in [0.1, 0.15) is 6.29 Å². The van der Waals surface area contributed by atoms with E-state index in [2.05, 4.69) is 30.4 Å². The van der Waals surface area contributed by atoms with E-state index in [1.807, 2.05) is 18.2 Å². The summed E-state index contributed by atoms with van der Waals surface area (Å²) in [5, 5.41) is 3.18. The maximum Gasteiger partial charge on any atom is 0.121 e. The fourth-order valence-electron chi connectivity index (χ4n) is 1.43. The maximum absolute atomic E-state index is 10.1. The standard InChI is InChI=1S/C14H18NO/c1-2-3-4-6-13-7-9-14(10-8-13)15-11-5-12-16/h2-3,7-10,12,15H,1,4-6,11H2. The molecule has 0 spiro atoms. The summed E-state index contributed by atoms with van der Waals surface area (Å²) < 4.78 is 0. The zero-order valence-corrected chi connectivity index (χ0v) is 9.49. The summed E-state index contributed by atoms with van der Waals surface area (Å²) >= 11 is 0. The third kappa shape index (κ3) is 4.78. The van der Waals surface area contributed by atoms with Gasteiger partial charge in [0, 0.05) is 18.7 Å². The molecular weight excluding hydrogens is 198 g/mol. The van der Waals surface area contributed by atoms with Gasteiger partial charge in [0.15, 0.2) is 0 Å². The Morgan fingerprint density at radius 3 is 2.56 bits per heavy atom. The number of aldehydes is 1. The number of allylic oxidation sites excluding steroid dienone is 2. The average molecular weight is 216 g/mol. The van der Waals surface area contributed by atoms with E-state index in [1.54, 1.807) is 0 Å². The molecule has 0 unspecified atom stereocenters. The van der Waals surface area contributed by atoms with Crippen LogP contribution >= 0.6 is 0 Å². The highest BCUT2D eigenvalue weighted by Crippen LogP contribution is 2.11. The molecule has 0 aliphatic carbocycles. The number of hydrogen-bond donors (Lipinski definition) is 1. The van der Waals surface area contributed by atoms with E-state index in [4.69, 9.17) is 0 Å². The van der Waals surface area contributed by atoms with E-state index in [1.165, 1.54) is 5.56 Å². The maximum atomic E-state index is 10.1. The minimum absolute atomic E-state index is 0.552. The zero-order valence-electron chi connectivity index (χ0n) is 9.49. The second-order valence-corrected chi connectivity index (χ2v) is 3.59. The topological polar surface area (TPSA) is 29.1 Å². The molecule has 1 aromatic carbocycles. The van der Waals surface area contributed by atoms with E-state index >= 15 is 0 Å². The summed E-state index contributed by atoms with van der Waals surface area (Å²) in [4.78, 5) is 10.1. The molecule has 85 valence electrons. The minimum atomic E-state index is 0.552. The number of anilines is 1. The molecule has 16 heavy (non-hydrogen) atoms. The molecule has 0 saturated carbocycles. The van der Waals surface area contributed by atoms with Crippen LogP contribution in [0.15, 0.2) is 36.4 Å². The van der Waals surface area contributed by atoms with E-state index < -0.39 is 0 Å². The average Bonchev–Trinajstić information content (AvgIpc) is 2.32. The van der Waals surface area contributed by atoms with Gasteiger partial charge in [0.05, 0.1) is 0 Å². The highest BCUT2D eigenvalue weighted by molar-refractivity contribution is 5.52. The van der Waals surface area contributed by atoms with Crippen LogP contribution in [0.25, 0.3) is 0 Å². The van der Waals surface area contributed by atoms with Crippen molar-refractivity contribution in [1.29, 1.82) is 0 Å². The summed E-state index contributed by atoms with van der Waals surface area (Å²) in [7, 11) is 0. The number of rotatable bonds is 7. The van der Waals surface area contributed by atoms with Crippen molar-refractivity contribution < 1.29 is 4.79 Å². The predicted molar refractivity (Wildman–Crippen MR) is 68.4 cm³/mol. The number of nitrogens with one attached hydrogen (secondary N) is 1. The molecule has 0 fully saturated rings. The summed E-state index contributed by atoms with van der Waals surface area (Å²) in [6.07, 6.45) is 7.44. The van der Waals surface area contributed by atoms with Crippen molar-refractivity contribution in [2.24, 2.45) is 0 Å². The number of benzene rings is 1. The number of aryl methyl sites for hydroxylation is 1. The Kier molecular flexibility index (Phi) is 6.00. The molecule has 1 radical (unpaired) electrons. The van der Waals surface area contributed by atoms with Gasteiger partial charge in [-0.1, -0.05) is 24.3 Å². The van der Waals surface area contributed by atoms with Crippen molar-refractivity contribution in [2.75, 3.05) is 11.9 Å². The van der Waals surface area contributed by atoms with Crippen LogP contribution in [0.4, 0.5) is 5.69 Å². The van der Waals surface area contributed by atoms with Crippen LogP contribution in [-0.2, 0) is 11.2 Å². The molecule has 0 aliphatic heterocycles. The Hall–Kier alpha value is -1.57. The predicted octanol–water partition coefficient (Wildman–Crippen LogP) is 3.01. The molecular formula is C14H18NO. The number of carbonyl (C=O) groups is 1. The Bertz CT molecular complexity index is 327. The molecule has 0 amide bonds. The molecule has 0 heterocycles. The highest BCUT2D eigenvalue weighted by Gasteiger charge is 1.93. The largest absolute Gasteiger partial charge is 0.385 e. The van der Waals surface area contributed by atoms with Crippen LogP contribution in [0.5, 0.6) is 0 Å². The Morgan fingerprint density at radius 1 is 1.19 bits per heavy atom. The zero-order chi connectivity index (χ0) is 11.6. The molecule has 2 nitrogen and oxygen atoms in total. The highest BCUT2D eigenvalue weighted by atomic mass is 16.1. The quantitative estimate of drug-likeness (QED) is 0.560. The molecule has 2 heteroatoms. The van der Waals surface area contributed by atoms with Crippen molar-refractivity contribution in [2.45, 2.75) is 19.3 Å². The fourth-order valence-corrected chi connectivity index (χ4v) is 1.43. The number of carbonyl (C=O) groups excluding carboxylic acids is 1. The first-order valence-corrected chi connectivity index (χ1v) is 5.57. The Labute approximate surface area is 97.4 Å². The van der Waals surface area contributed by atoms with Gasteiger partial charge in [-0.05, 0) is 37.5 Å². The van der Waals surface area contributed by atoms with Gasteiger partial charge in [0.25, 0.3) is 0 Å². The first-order valence-electron chi connectivity index (χ1n) is 5.57. The van der Waals surface area contributed by atoms with Gasteiger partial charge in [-0.15, -0.1) is 0 Å². The third-order valence-corrected chi connectivity index (χ3v) is 2.31. The second-order valence-electron chi connectivity index (χ2n) is 3.59. The lowest BCUT2D eigenvalue weighted by Gasteiger charge is -2.05. The van der Waals surface area contributed by atoms with Gasteiger partial charge in [0.2, 0.25) is 0 Å². The molecule has 0 saturated heterocycles. The van der Waals surface area contributed by atoms with Gasteiger partial charge >= 0.3 is 0 Å². The molecule has 1 N–H and O–H groups in total. The van der Waals surface area contributed by atoms with E-state index in [0.717, 1.165) is 24.8 Å². The molecule has 0 atom stereocenters. The lowest BCUT2D eigenvalue weighted by molar-refractivity contribution is -0.107. The Balaban J connectivity index is 2.38. The smallest absolute Gasteiger partial charge is 0.121 e. The van der Waals surface area contributed by atoms with E-state index in [-0.39, 0.29) is 0 Å². The van der Waals surface area contributed by atoms with Crippen molar-refractivity contribution in [3.05, 3.63) is 48.9 Å². The second kappa shape index (κ2) is 7.69. The molecule has 0 aromatic heterocycles. The lowest BCUT2D eigenvalue weighted by Crippen LogP contribution is -2.01. The summed E-state index contributed by atoms with van der Waals surface area (Å²) in [6.45, 7) is 4.36. The van der Waals surface area contributed by atoms with Crippen LogP contribution < -0.4 is 5.32 Å². The molecule has 1 aromatic rings. The fraction of sp³-hybridized carbons (Fsp3) is 0.286. The van der Waals surface area contributed by atoms with Crippen LogP contribution in [0.3, 0.4) is 0 Å². The van der Waals surface area contributed by atoms with Crippen LogP contribution in [0.2, 0.25) is 0 Å². The van der Waals surface area contributed by atoms with Gasteiger partial charge in [-0.2, -0.15) is 0 Å². The van der Waals surface area contributed by atoms with Gasteiger partial charge in [-0.3, -0.25) is 0 Å². The van der Waals surface area contributed by atoms with E-state index in [9.17, 15) is 4.79 Å². The van der Waals surface area contributed by atoms with Crippen molar-refractivity contribution in [3.63, 3.8) is 0 Å². The molecule has 0 aliphatic rings. The first kappa shape index (κ1) is 12.5. The van der Waals surface area contributed by atoms with Crippen molar-refractivity contribution in [3.8, 4) is 0 Å². The summed E-state index contributed by atoms with van der Waals surface area (Å²) in [6, 6.07) is 8.32. The Morgan fingerprint density at radius 2 is 1.94 bits per heavy atom. The molecule has 1 rings (SSSR count). The third-order valence-electron chi connectivity index (χ3n) is 2.31. The van der Waals surface area contributed by atoms with Gasteiger partial charge in [-0.25, -0.2) is 0 Å². The van der Waals surface area contributed by atoms with Crippen LogP contribution in [-0.4, -0.2) is 12.8 Å². The summed E-state index contributed by atoms with van der Waals surface area (Å²) in [5.74, 6) is 0. The molecule has 0 bridgehead atoms. The SMILES string of the molecule is [CH2]C=CCCc1ccc(NCCC=O)cc1. The minimum Gasteiger partial charge on any atom is -0.385 e. The van der Waals surface area contributed by atoms with Crippen LogP contribution in [0, 0.1) is 6.92 Å². The van der Waals surface area contributed by atoms with Crippen molar-refractivity contribution >= 4 is 12.0 Å². The van der Waals surface area contributed by atoms with E-state index in [0.29, 0.717) is 13.0 Å². The van der Waals surface area contributed by atoms with Crippen molar-refractivity contribution in [1.82, 2.24) is 0 Å². The monoisotopic (exact) mass is 216 g/mol. The first-order chi connectivity index (χ1) is 7.86. The normalized spacial score (nSPS) is 10.6. The van der Waals surface area contributed by atoms with Crippen LogP contribution in [0.1, 0.15) is 18.4 Å². The van der Waals surface area contributed by atoms with Gasteiger partial charge < -0.3 is 10.1 Å².